The summed E-state index contributed by atoms with van der Waals surface area (Å²) in [5.41, 5.74) is 4.83. The maximum Gasteiger partial charge on any atom is 0.119 e. The smallest absolute Gasteiger partial charge is 0.119 e. The fourth-order valence-corrected chi connectivity index (χ4v) is 0.299. The van der Waals surface area contributed by atoms with Crippen molar-refractivity contribution in [2.24, 2.45) is 5.73 Å². The average Bonchev–Trinajstić information content (AvgIpc) is 1.65. The zero-order valence-corrected chi connectivity index (χ0v) is 5.28. The molecule has 36 valence electrons. The molecule has 0 atom stereocenters. The van der Waals surface area contributed by atoms with E-state index in [1.54, 1.807) is 22.6 Å². The second-order valence-electron chi connectivity index (χ2n) is 0.760. The Morgan fingerprint density at radius 3 is 2.50 bits per heavy atom. The van der Waals surface area contributed by atoms with Gasteiger partial charge in [-0.3, -0.25) is 0 Å². The van der Waals surface area contributed by atoms with Gasteiger partial charge < -0.3 is 5.73 Å². The maximum absolute atomic E-state index is 11.6. The Balaban J connectivity index is 3.22. The highest BCUT2D eigenvalue weighted by molar-refractivity contribution is 14.1. The van der Waals surface area contributed by atoms with Crippen molar-refractivity contribution in [3.63, 3.8) is 0 Å². The first-order valence-corrected chi connectivity index (χ1v) is 2.70. The van der Waals surface area contributed by atoms with Crippen LogP contribution in [-0.2, 0) is 0 Å². The van der Waals surface area contributed by atoms with Crippen molar-refractivity contribution in [2.75, 3.05) is 6.54 Å². The number of hydrogen-bond acceptors (Lipinski definition) is 1. The van der Waals surface area contributed by atoms with Crippen molar-refractivity contribution in [1.82, 2.24) is 0 Å². The van der Waals surface area contributed by atoms with E-state index in [1.807, 2.05) is 0 Å². The predicted octanol–water partition coefficient (Wildman–Crippen LogP) is 1.19. The van der Waals surface area contributed by atoms with Crippen molar-refractivity contribution >= 4 is 22.6 Å². The van der Waals surface area contributed by atoms with Gasteiger partial charge in [0, 0.05) is 10.6 Å². The molecule has 0 rings (SSSR count). The molecule has 0 aromatic carbocycles. The molecule has 3 heteroatoms. The summed E-state index contributed by atoms with van der Waals surface area (Å²) in [5.74, 6) is -0.268. The van der Waals surface area contributed by atoms with E-state index >= 15 is 0 Å². The molecule has 0 aliphatic carbocycles. The van der Waals surface area contributed by atoms with Crippen LogP contribution in [0.4, 0.5) is 4.39 Å². The van der Waals surface area contributed by atoms with E-state index in [0.717, 1.165) is 0 Å². The zero-order chi connectivity index (χ0) is 4.99. The van der Waals surface area contributed by atoms with Crippen LogP contribution in [0.1, 0.15) is 0 Å². The summed E-state index contributed by atoms with van der Waals surface area (Å²) in [4.78, 5) is 0. The molecule has 0 spiro atoms. The molecule has 0 aromatic heterocycles. The molecule has 0 saturated heterocycles. The van der Waals surface area contributed by atoms with Crippen molar-refractivity contribution in [3.8, 4) is 0 Å². The van der Waals surface area contributed by atoms with Crippen molar-refractivity contribution in [1.29, 1.82) is 0 Å². The number of rotatable bonds is 1. The second-order valence-corrected chi connectivity index (χ2v) is 1.38. The summed E-state index contributed by atoms with van der Waals surface area (Å²) in [7, 11) is 0. The quantitative estimate of drug-likeness (QED) is 0.633. The first-order valence-electron chi connectivity index (χ1n) is 1.46. The monoisotopic (exact) mass is 201 g/mol. The van der Waals surface area contributed by atoms with E-state index in [0.29, 0.717) is 0 Å². The molecule has 0 amide bonds. The molecular weight excluding hydrogens is 196 g/mol. The van der Waals surface area contributed by atoms with Crippen LogP contribution in [0.3, 0.4) is 0 Å². The summed E-state index contributed by atoms with van der Waals surface area (Å²) in [6.45, 7) is 0.0168. The SMILES string of the molecule is NC/C(F)=C/I. The number of nitrogens with two attached hydrogens (primary N) is 1. The van der Waals surface area contributed by atoms with Crippen LogP contribution in [0.15, 0.2) is 9.91 Å². The van der Waals surface area contributed by atoms with E-state index in [2.05, 4.69) is 0 Å². The second kappa shape index (κ2) is 3.55. The Bertz CT molecular complexity index is 61.8. The lowest BCUT2D eigenvalue weighted by molar-refractivity contribution is 0.622. The van der Waals surface area contributed by atoms with E-state index in [1.165, 1.54) is 4.08 Å². The molecule has 0 bridgehead atoms. The van der Waals surface area contributed by atoms with E-state index < -0.39 is 0 Å². The Hall–Kier alpha value is 0.360. The molecule has 0 aromatic rings. The van der Waals surface area contributed by atoms with Crippen LogP contribution >= 0.6 is 22.6 Å². The molecular formula is C3H5FIN. The van der Waals surface area contributed by atoms with E-state index in [9.17, 15) is 4.39 Å². The minimum absolute atomic E-state index is 0.0168. The van der Waals surface area contributed by atoms with Gasteiger partial charge in [0.1, 0.15) is 5.83 Å². The number of halogens is 2. The molecule has 0 aliphatic rings. The summed E-state index contributed by atoms with van der Waals surface area (Å²) in [6, 6.07) is 0. The van der Waals surface area contributed by atoms with Crippen LogP contribution in [0.5, 0.6) is 0 Å². The van der Waals surface area contributed by atoms with Gasteiger partial charge in [-0.05, 0) is 0 Å². The molecule has 2 N–H and O–H groups in total. The third-order valence-electron chi connectivity index (χ3n) is 0.313. The zero-order valence-electron chi connectivity index (χ0n) is 3.12. The molecule has 0 heterocycles. The van der Waals surface area contributed by atoms with Gasteiger partial charge in [-0.15, -0.1) is 0 Å². The highest BCUT2D eigenvalue weighted by atomic mass is 127. The molecule has 1 nitrogen and oxygen atoms in total. The number of hydrogen-bond donors (Lipinski definition) is 1. The molecule has 0 saturated carbocycles. The Kier molecular flexibility index (Phi) is 3.76. The average molecular weight is 201 g/mol. The molecule has 0 fully saturated rings. The van der Waals surface area contributed by atoms with Crippen molar-refractivity contribution in [2.45, 2.75) is 0 Å². The standard InChI is InChI=1S/C3H5FIN/c4-3(1-5)2-6/h1H,2,6H2/b3-1-. The predicted molar refractivity (Wildman–Crippen MR) is 32.3 cm³/mol. The summed E-state index contributed by atoms with van der Waals surface area (Å²) in [5, 5.41) is 0. The van der Waals surface area contributed by atoms with Gasteiger partial charge in [-0.1, -0.05) is 22.6 Å². The van der Waals surface area contributed by atoms with Crippen LogP contribution in [-0.4, -0.2) is 6.54 Å². The third kappa shape index (κ3) is 2.59. The first kappa shape index (κ1) is 6.36. The van der Waals surface area contributed by atoms with Crippen LogP contribution < -0.4 is 5.73 Å². The van der Waals surface area contributed by atoms with Crippen LogP contribution in [0, 0.1) is 0 Å². The third-order valence-corrected chi connectivity index (χ3v) is 0.989. The summed E-state index contributed by atoms with van der Waals surface area (Å²) < 4.78 is 12.9. The van der Waals surface area contributed by atoms with Crippen molar-refractivity contribution < 1.29 is 4.39 Å². The fraction of sp³-hybridized carbons (Fsp3) is 0.333. The molecule has 0 unspecified atom stereocenters. The van der Waals surface area contributed by atoms with E-state index in [4.69, 9.17) is 5.73 Å². The topological polar surface area (TPSA) is 26.0 Å². The molecule has 6 heavy (non-hydrogen) atoms. The summed E-state index contributed by atoms with van der Waals surface area (Å²) >= 11 is 1.80. The van der Waals surface area contributed by atoms with Gasteiger partial charge in [0.2, 0.25) is 0 Å². The lowest BCUT2D eigenvalue weighted by Crippen LogP contribution is -1.96. The first-order chi connectivity index (χ1) is 2.81. The van der Waals surface area contributed by atoms with Crippen LogP contribution in [0.25, 0.3) is 0 Å². The van der Waals surface area contributed by atoms with Gasteiger partial charge >= 0.3 is 0 Å². The highest BCUT2D eigenvalue weighted by Crippen LogP contribution is 1.95. The minimum atomic E-state index is -0.268. The van der Waals surface area contributed by atoms with Crippen molar-refractivity contribution in [3.05, 3.63) is 9.91 Å². The van der Waals surface area contributed by atoms with Gasteiger partial charge in [0.25, 0.3) is 0 Å². The largest absolute Gasteiger partial charge is 0.325 e. The Morgan fingerprint density at radius 2 is 2.50 bits per heavy atom. The molecule has 0 radical (unpaired) electrons. The highest BCUT2D eigenvalue weighted by Gasteiger charge is 1.80. The normalized spacial score (nSPS) is 12.2. The Labute approximate surface area is 49.5 Å². The van der Waals surface area contributed by atoms with Gasteiger partial charge in [-0.25, -0.2) is 4.39 Å². The lowest BCUT2D eigenvalue weighted by atomic mass is 10.6. The summed E-state index contributed by atoms with van der Waals surface area (Å²) in [6.07, 6.45) is 0. The van der Waals surface area contributed by atoms with E-state index in [-0.39, 0.29) is 12.4 Å². The van der Waals surface area contributed by atoms with Gasteiger partial charge in [0.05, 0.1) is 0 Å². The van der Waals surface area contributed by atoms with Gasteiger partial charge in [0.15, 0.2) is 0 Å². The lowest BCUT2D eigenvalue weighted by Gasteiger charge is -1.79. The minimum Gasteiger partial charge on any atom is -0.325 e. The Morgan fingerprint density at radius 1 is 2.00 bits per heavy atom. The maximum atomic E-state index is 11.6. The van der Waals surface area contributed by atoms with Crippen LogP contribution in [0.2, 0.25) is 0 Å². The van der Waals surface area contributed by atoms with Gasteiger partial charge in [-0.2, -0.15) is 0 Å². The fourth-order valence-electron chi connectivity index (χ4n) is 0.0445. The molecule has 0 aliphatic heterocycles.